The van der Waals surface area contributed by atoms with E-state index in [1.807, 2.05) is 35.8 Å². The Balaban J connectivity index is 2.17. The third kappa shape index (κ3) is 1.93. The molecule has 0 spiro atoms. The maximum Gasteiger partial charge on any atom is 0.153 e. The van der Waals surface area contributed by atoms with Gasteiger partial charge in [0, 0.05) is 5.56 Å². The molecular formula is C16H17N3O. The molecular weight excluding hydrogens is 250 g/mol. The number of fused-ring (bicyclic) bond motifs is 1. The molecule has 1 aromatic carbocycles. The van der Waals surface area contributed by atoms with Gasteiger partial charge in [-0.2, -0.15) is 5.10 Å². The fourth-order valence-corrected chi connectivity index (χ4v) is 2.44. The molecule has 0 amide bonds. The molecule has 0 radical (unpaired) electrons. The molecule has 0 aliphatic heterocycles. The maximum atomic E-state index is 5.35. The molecule has 0 unspecified atom stereocenters. The largest absolute Gasteiger partial charge is 0.496 e. The average molecular weight is 267 g/mol. The van der Waals surface area contributed by atoms with Gasteiger partial charge in [-0.05, 0) is 56.2 Å². The van der Waals surface area contributed by atoms with E-state index in [4.69, 9.17) is 4.74 Å². The van der Waals surface area contributed by atoms with Gasteiger partial charge in [-0.25, -0.2) is 9.50 Å². The Bertz CT molecular complexity index is 790. The van der Waals surface area contributed by atoms with Crippen LogP contribution in [-0.4, -0.2) is 21.7 Å². The van der Waals surface area contributed by atoms with Crippen LogP contribution in [0, 0.1) is 20.8 Å². The van der Waals surface area contributed by atoms with Crippen LogP contribution in [-0.2, 0) is 0 Å². The number of hydrogen-bond donors (Lipinski definition) is 0. The van der Waals surface area contributed by atoms with Crippen LogP contribution in [0.1, 0.15) is 16.8 Å². The molecule has 4 nitrogen and oxygen atoms in total. The molecule has 4 heteroatoms. The Hall–Kier alpha value is -2.36. The van der Waals surface area contributed by atoms with E-state index in [0.717, 1.165) is 33.9 Å². The van der Waals surface area contributed by atoms with Crippen molar-refractivity contribution >= 4 is 5.65 Å². The number of benzene rings is 1. The molecule has 0 bridgehead atoms. The average Bonchev–Trinajstić information content (AvgIpc) is 2.81. The summed E-state index contributed by atoms with van der Waals surface area (Å²) in [7, 11) is 1.69. The van der Waals surface area contributed by atoms with Crippen molar-refractivity contribution < 1.29 is 4.74 Å². The third-order valence-corrected chi connectivity index (χ3v) is 3.67. The van der Waals surface area contributed by atoms with Crippen molar-refractivity contribution in [2.45, 2.75) is 20.8 Å². The molecule has 2 aromatic heterocycles. The van der Waals surface area contributed by atoms with Gasteiger partial charge in [-0.15, -0.1) is 0 Å². The minimum absolute atomic E-state index is 0.870. The second kappa shape index (κ2) is 4.63. The van der Waals surface area contributed by atoms with E-state index in [9.17, 15) is 0 Å². The summed E-state index contributed by atoms with van der Waals surface area (Å²) in [6.07, 6.45) is 1.94. The lowest BCUT2D eigenvalue weighted by atomic mass is 10.00. The normalized spacial score (nSPS) is 11.0. The predicted molar refractivity (Wildman–Crippen MR) is 79.2 cm³/mol. The molecule has 3 rings (SSSR count). The zero-order valence-electron chi connectivity index (χ0n) is 12.1. The molecule has 0 atom stereocenters. The zero-order chi connectivity index (χ0) is 14.3. The highest BCUT2D eigenvalue weighted by Crippen LogP contribution is 2.29. The summed E-state index contributed by atoms with van der Waals surface area (Å²) in [5, 5.41) is 4.64. The molecule has 0 fully saturated rings. The summed E-state index contributed by atoms with van der Waals surface area (Å²) in [5.74, 6) is 0.908. The van der Waals surface area contributed by atoms with Gasteiger partial charge in [0.2, 0.25) is 0 Å². The molecule has 0 saturated carbocycles. The fourth-order valence-electron chi connectivity index (χ4n) is 2.44. The molecule has 0 N–H and O–H groups in total. The van der Waals surface area contributed by atoms with E-state index in [2.05, 4.69) is 30.0 Å². The van der Waals surface area contributed by atoms with Crippen molar-refractivity contribution in [1.82, 2.24) is 14.6 Å². The lowest BCUT2D eigenvalue weighted by Gasteiger charge is -2.12. The van der Waals surface area contributed by atoms with Crippen LogP contribution in [0.5, 0.6) is 5.75 Å². The van der Waals surface area contributed by atoms with Crippen LogP contribution in [0.15, 0.2) is 30.5 Å². The van der Waals surface area contributed by atoms with E-state index >= 15 is 0 Å². The monoisotopic (exact) mass is 267 g/mol. The first kappa shape index (κ1) is 12.7. The van der Waals surface area contributed by atoms with Gasteiger partial charge < -0.3 is 4.74 Å². The van der Waals surface area contributed by atoms with Gasteiger partial charge in [0.15, 0.2) is 5.65 Å². The number of methoxy groups -OCH3 is 1. The second-order valence-corrected chi connectivity index (χ2v) is 4.97. The summed E-state index contributed by atoms with van der Waals surface area (Å²) >= 11 is 0. The second-order valence-electron chi connectivity index (χ2n) is 4.97. The number of ether oxygens (including phenoxy) is 1. The summed E-state index contributed by atoms with van der Waals surface area (Å²) in [6.45, 7) is 6.13. The Morgan fingerprint density at radius 2 is 1.80 bits per heavy atom. The smallest absolute Gasteiger partial charge is 0.153 e. The minimum Gasteiger partial charge on any atom is -0.496 e. The van der Waals surface area contributed by atoms with Crippen molar-refractivity contribution in [3.05, 3.63) is 47.3 Å². The van der Waals surface area contributed by atoms with Crippen molar-refractivity contribution in [3.63, 3.8) is 0 Å². The molecule has 0 aliphatic rings. The summed E-state index contributed by atoms with van der Waals surface area (Å²) in [4.78, 5) is 4.40. The number of hydrogen-bond acceptors (Lipinski definition) is 3. The van der Waals surface area contributed by atoms with E-state index < -0.39 is 0 Å². The predicted octanol–water partition coefficient (Wildman–Crippen LogP) is 3.33. The topological polar surface area (TPSA) is 39.4 Å². The van der Waals surface area contributed by atoms with Gasteiger partial charge in [0.1, 0.15) is 5.75 Å². The van der Waals surface area contributed by atoms with Crippen molar-refractivity contribution in [3.8, 4) is 17.0 Å². The van der Waals surface area contributed by atoms with Gasteiger partial charge in [-0.1, -0.05) is 0 Å². The summed E-state index contributed by atoms with van der Waals surface area (Å²) < 4.78 is 7.18. The highest BCUT2D eigenvalue weighted by atomic mass is 16.5. The maximum absolute atomic E-state index is 5.35. The molecule has 0 aliphatic carbocycles. The molecule has 20 heavy (non-hydrogen) atoms. The highest BCUT2D eigenvalue weighted by Gasteiger charge is 2.10. The van der Waals surface area contributed by atoms with Crippen LogP contribution in [0.2, 0.25) is 0 Å². The Morgan fingerprint density at radius 3 is 2.55 bits per heavy atom. The summed E-state index contributed by atoms with van der Waals surface area (Å²) in [5.41, 5.74) is 6.24. The lowest BCUT2D eigenvalue weighted by molar-refractivity contribution is 0.411. The van der Waals surface area contributed by atoms with Crippen molar-refractivity contribution in [2.24, 2.45) is 0 Å². The fraction of sp³-hybridized carbons (Fsp3) is 0.250. The first-order valence-corrected chi connectivity index (χ1v) is 6.58. The van der Waals surface area contributed by atoms with Gasteiger partial charge in [-0.3, -0.25) is 0 Å². The quantitative estimate of drug-likeness (QED) is 0.715. The minimum atomic E-state index is 0.870. The summed E-state index contributed by atoms with van der Waals surface area (Å²) in [6, 6.07) is 8.05. The molecule has 102 valence electrons. The Morgan fingerprint density at radius 1 is 1.00 bits per heavy atom. The highest BCUT2D eigenvalue weighted by molar-refractivity contribution is 5.67. The van der Waals surface area contributed by atoms with E-state index in [0.29, 0.717) is 0 Å². The SMILES string of the molecule is COc1ccc(-c2ccc3nc(C)cn3n2)c(C)c1C. The number of imidazole rings is 1. The van der Waals surface area contributed by atoms with E-state index in [-0.39, 0.29) is 0 Å². The van der Waals surface area contributed by atoms with Crippen LogP contribution < -0.4 is 4.74 Å². The third-order valence-electron chi connectivity index (χ3n) is 3.67. The van der Waals surface area contributed by atoms with Gasteiger partial charge >= 0.3 is 0 Å². The van der Waals surface area contributed by atoms with Gasteiger partial charge in [0.25, 0.3) is 0 Å². The van der Waals surface area contributed by atoms with Crippen LogP contribution in [0.4, 0.5) is 0 Å². The lowest BCUT2D eigenvalue weighted by Crippen LogP contribution is -1.97. The zero-order valence-corrected chi connectivity index (χ0v) is 12.1. The van der Waals surface area contributed by atoms with E-state index in [1.165, 1.54) is 5.56 Å². The van der Waals surface area contributed by atoms with Gasteiger partial charge in [0.05, 0.1) is 24.7 Å². The molecule has 2 heterocycles. The molecule has 3 aromatic rings. The first-order chi connectivity index (χ1) is 9.60. The standard InChI is InChI=1S/C16H17N3O/c1-10-9-19-16(17-10)8-6-14(18-19)13-5-7-15(20-4)12(3)11(13)2/h5-9H,1-4H3. The van der Waals surface area contributed by atoms with Crippen LogP contribution in [0.25, 0.3) is 16.9 Å². The van der Waals surface area contributed by atoms with Crippen molar-refractivity contribution in [1.29, 1.82) is 0 Å². The Labute approximate surface area is 118 Å². The number of nitrogens with zero attached hydrogens (tertiary/aromatic N) is 3. The number of rotatable bonds is 2. The number of aryl methyl sites for hydroxylation is 1. The Kier molecular flexibility index (Phi) is 2.93. The van der Waals surface area contributed by atoms with Crippen molar-refractivity contribution in [2.75, 3.05) is 7.11 Å². The first-order valence-electron chi connectivity index (χ1n) is 6.58. The van der Waals surface area contributed by atoms with Crippen LogP contribution in [0.3, 0.4) is 0 Å². The molecule has 0 saturated heterocycles. The van der Waals surface area contributed by atoms with E-state index in [1.54, 1.807) is 7.11 Å². The number of aromatic nitrogens is 3. The van der Waals surface area contributed by atoms with Crippen LogP contribution >= 0.6 is 0 Å².